The van der Waals surface area contributed by atoms with E-state index in [1.54, 1.807) is 24.3 Å². The van der Waals surface area contributed by atoms with Crippen LogP contribution in [0.25, 0.3) is 44.6 Å². The Morgan fingerprint density at radius 3 is 0.549 bits per heavy atom. The predicted molar refractivity (Wildman–Crippen MR) is 326 cm³/mol. The maximum Gasteiger partial charge on any atom is 0.295 e. The fraction of sp³-hybridized carbons (Fsp3) is 0.125. The van der Waals surface area contributed by atoms with Gasteiger partial charge in [-0.2, -0.15) is 33.7 Å². The molecule has 8 aliphatic carbocycles. The summed E-state index contributed by atoms with van der Waals surface area (Å²) in [6, 6.07) is 20.1. The summed E-state index contributed by atoms with van der Waals surface area (Å²) in [5.41, 5.74) is 13.9. The molecule has 0 saturated carbocycles. The van der Waals surface area contributed by atoms with E-state index in [9.17, 15) is 51.9 Å². The third-order valence-corrected chi connectivity index (χ3v) is 17.6. The van der Waals surface area contributed by atoms with E-state index >= 15 is 0 Å². The van der Waals surface area contributed by atoms with E-state index in [4.69, 9.17) is 0 Å². The van der Waals surface area contributed by atoms with E-state index in [0.29, 0.717) is 47.9 Å². The van der Waals surface area contributed by atoms with Crippen molar-refractivity contribution in [2.24, 2.45) is 0 Å². The van der Waals surface area contributed by atoms with Crippen LogP contribution < -0.4 is 0 Å². The number of benzene rings is 4. The Labute approximate surface area is 505 Å². The summed E-state index contributed by atoms with van der Waals surface area (Å²) in [6.45, 7) is 0. The monoisotopic (exact) mass is 1270 g/mol. The van der Waals surface area contributed by atoms with Crippen LogP contribution in [0, 0.1) is 0 Å². The molecule has 0 unspecified atom stereocenters. The van der Waals surface area contributed by atoms with Crippen LogP contribution in [0.3, 0.4) is 0 Å². The largest absolute Gasteiger partial charge is 0.295 e. The Hall–Kier alpha value is -6.47. The van der Waals surface area contributed by atoms with Crippen LogP contribution >= 0.6 is 12.4 Å². The van der Waals surface area contributed by atoms with Crippen molar-refractivity contribution in [2.75, 3.05) is 0 Å². The van der Waals surface area contributed by atoms with E-state index in [2.05, 4.69) is 0 Å². The van der Waals surface area contributed by atoms with Gasteiger partial charge < -0.3 is 0 Å². The molecule has 0 heterocycles. The second-order valence-electron chi connectivity index (χ2n) is 19.2. The molecule has 4 N–H and O–H groups in total. The molecule has 4 aromatic carbocycles. The summed E-state index contributed by atoms with van der Waals surface area (Å²) in [5, 5.41) is 0. The normalized spacial score (nSPS) is 17.0. The molecule has 18 heteroatoms. The topological polar surface area (TPSA) is 217 Å². The van der Waals surface area contributed by atoms with E-state index in [0.717, 1.165) is 92.5 Å². The molecule has 12 nitrogen and oxygen atoms in total. The second-order valence-corrected chi connectivity index (χ2v) is 24.8. The molecule has 0 amide bonds. The minimum atomic E-state index is -4.24. The Morgan fingerprint density at radius 1 is 0.256 bits per heavy atom. The summed E-state index contributed by atoms with van der Waals surface area (Å²) < 4.78 is 131. The molecule has 12 rings (SSSR count). The van der Waals surface area contributed by atoms with E-state index < -0.39 is 40.5 Å². The van der Waals surface area contributed by atoms with Gasteiger partial charge in [-0.25, -0.2) is 0 Å². The van der Waals surface area contributed by atoms with Crippen LogP contribution in [-0.2, 0) is 66.7 Å². The number of allylic oxidation sites excluding steroid dienone is 32. The Balaban J connectivity index is 0.000000156. The molecule has 0 spiro atoms. The number of hydrogen-bond donors (Lipinski definition) is 4. The van der Waals surface area contributed by atoms with Crippen molar-refractivity contribution >= 4 is 97.5 Å². The quantitative estimate of drug-likeness (QED) is 0.0974. The summed E-state index contributed by atoms with van der Waals surface area (Å²) in [5.74, 6) is 0. The predicted octanol–water partition coefficient (Wildman–Crippen LogP) is 14.9. The maximum atomic E-state index is 11.7. The molecule has 4 aromatic rings. The Bertz CT molecular complexity index is 3670. The fourth-order valence-corrected chi connectivity index (χ4v) is 13.5. The molecular formula is C64H57ClO12S4Zr. The van der Waals surface area contributed by atoms with Crippen molar-refractivity contribution in [3.63, 3.8) is 0 Å². The number of halogens is 1. The molecule has 0 aliphatic heterocycles. The molecule has 82 heavy (non-hydrogen) atoms. The molecule has 420 valence electrons. The van der Waals surface area contributed by atoms with Gasteiger partial charge in [-0.05, 0) is 142 Å². The SMILES string of the molecule is Cl.O=S(=O)(O)c1cccc(C2=CC=CC2)c1C1=CC=CC1.O=S(=O)(O)c1cccc(C2=CC=CC2)c1C1=CC=CC1.O=S(=O)(O)c1cccc(C2=CC=CC2)c1C1=CC=CC1.O=S(=O)(O)c1cccc(C2=CC=CC2)c1C1=CC=CC1.[Zr]. The first kappa shape index (κ1) is 63.1. The standard InChI is InChI=1S/4C16H14O3S.ClH.Zr/c4*17-20(18,19)15-11-5-10-14(12-6-1-2-7-12)16(15)13-8-3-4-9-13;;/h4*1-6,8,10-11H,7,9H2,(H,17,18,19);1H;. The zero-order chi connectivity index (χ0) is 56.7. The van der Waals surface area contributed by atoms with Gasteiger partial charge >= 0.3 is 0 Å². The number of rotatable bonds is 12. The molecule has 8 aliphatic rings. The molecular weight excluding hydrogens is 1220 g/mol. The average molecular weight is 1270 g/mol. The Morgan fingerprint density at radius 2 is 0.415 bits per heavy atom. The molecule has 0 atom stereocenters. The molecule has 0 saturated heterocycles. The van der Waals surface area contributed by atoms with E-state index in [1.807, 2.05) is 170 Å². The third kappa shape index (κ3) is 14.8. The van der Waals surface area contributed by atoms with Crippen molar-refractivity contribution in [2.45, 2.75) is 70.9 Å². The zero-order valence-electron chi connectivity index (χ0n) is 44.0. The van der Waals surface area contributed by atoms with Crippen LogP contribution in [0.1, 0.15) is 95.9 Å². The van der Waals surface area contributed by atoms with Gasteiger partial charge in [-0.1, -0.05) is 194 Å². The van der Waals surface area contributed by atoms with Gasteiger partial charge in [0.15, 0.2) is 0 Å². The van der Waals surface area contributed by atoms with Gasteiger partial charge in [0.2, 0.25) is 0 Å². The van der Waals surface area contributed by atoms with Crippen molar-refractivity contribution in [3.8, 4) is 0 Å². The molecule has 0 fully saturated rings. The van der Waals surface area contributed by atoms with Gasteiger partial charge in [-0.15, -0.1) is 12.4 Å². The van der Waals surface area contributed by atoms with Crippen molar-refractivity contribution < 1.29 is 78.1 Å². The van der Waals surface area contributed by atoms with Gasteiger partial charge in [0.1, 0.15) is 19.6 Å². The summed E-state index contributed by atoms with van der Waals surface area (Å²) in [4.78, 5) is -0.0639. The van der Waals surface area contributed by atoms with Gasteiger partial charge in [0.05, 0.1) is 0 Å². The van der Waals surface area contributed by atoms with Crippen LogP contribution in [0.5, 0.6) is 0 Å². The zero-order valence-corrected chi connectivity index (χ0v) is 50.6. The first-order chi connectivity index (χ1) is 38.3. The van der Waals surface area contributed by atoms with E-state index in [1.165, 1.54) is 24.3 Å². The van der Waals surface area contributed by atoms with Gasteiger partial charge in [-0.3, -0.25) is 18.2 Å². The van der Waals surface area contributed by atoms with Crippen LogP contribution in [-0.4, -0.2) is 51.9 Å². The molecule has 0 bridgehead atoms. The average Bonchev–Trinajstić information content (AvgIpc) is 4.39. The number of hydrogen-bond acceptors (Lipinski definition) is 8. The summed E-state index contributed by atoms with van der Waals surface area (Å²) in [6.07, 6.45) is 52.8. The molecule has 0 aromatic heterocycles. The fourth-order valence-electron chi connectivity index (χ4n) is 10.5. The van der Waals surface area contributed by atoms with E-state index in [-0.39, 0.29) is 58.2 Å². The first-order valence-corrected chi connectivity index (χ1v) is 31.4. The van der Waals surface area contributed by atoms with Crippen LogP contribution in [0.2, 0.25) is 0 Å². The maximum absolute atomic E-state index is 11.7. The van der Waals surface area contributed by atoms with Crippen LogP contribution in [0.4, 0.5) is 0 Å². The smallest absolute Gasteiger partial charge is 0.282 e. The van der Waals surface area contributed by atoms with Crippen molar-refractivity contribution in [1.82, 2.24) is 0 Å². The van der Waals surface area contributed by atoms with Crippen molar-refractivity contribution in [1.29, 1.82) is 0 Å². The Kier molecular flexibility index (Phi) is 21.0. The summed E-state index contributed by atoms with van der Waals surface area (Å²) in [7, 11) is -17.0. The minimum Gasteiger partial charge on any atom is -0.282 e. The van der Waals surface area contributed by atoms with Crippen molar-refractivity contribution in [3.05, 3.63) is 263 Å². The minimum absolute atomic E-state index is 0. The first-order valence-electron chi connectivity index (χ1n) is 25.6. The summed E-state index contributed by atoms with van der Waals surface area (Å²) >= 11 is 0. The molecule has 0 radical (unpaired) electrons. The van der Waals surface area contributed by atoms with Crippen LogP contribution in [0.15, 0.2) is 238 Å². The third-order valence-electron chi connectivity index (χ3n) is 14.1. The second kappa shape index (κ2) is 27.3. The van der Waals surface area contributed by atoms with Gasteiger partial charge in [0, 0.05) is 48.5 Å². The van der Waals surface area contributed by atoms with Gasteiger partial charge in [0.25, 0.3) is 40.5 Å².